The van der Waals surface area contributed by atoms with Gasteiger partial charge in [-0.1, -0.05) is 24.3 Å². The summed E-state index contributed by atoms with van der Waals surface area (Å²) >= 11 is 0. The minimum atomic E-state index is -0.967. The molecule has 2 aromatic rings. The van der Waals surface area contributed by atoms with Crippen molar-refractivity contribution in [2.75, 3.05) is 0 Å². The summed E-state index contributed by atoms with van der Waals surface area (Å²) in [4.78, 5) is 0. The number of rotatable bonds is 0. The van der Waals surface area contributed by atoms with Crippen LogP contribution in [0, 0.1) is 0 Å². The molecule has 80 valence electrons. The van der Waals surface area contributed by atoms with E-state index in [0.717, 1.165) is 16.7 Å². The van der Waals surface area contributed by atoms with E-state index >= 15 is 0 Å². The standard InChI is InChI=1S/C13H10O3/c14-8-5-6-10-9-3-1-2-4-11(9)13(15)16-12(10)7-8/h1-7,13-15H. The van der Waals surface area contributed by atoms with Gasteiger partial charge in [-0.2, -0.15) is 0 Å². The highest BCUT2D eigenvalue weighted by molar-refractivity contribution is 5.76. The molecule has 2 aromatic carbocycles. The van der Waals surface area contributed by atoms with Gasteiger partial charge in [0.05, 0.1) is 0 Å². The van der Waals surface area contributed by atoms with Gasteiger partial charge in [0.2, 0.25) is 6.29 Å². The minimum Gasteiger partial charge on any atom is -0.508 e. The number of phenolic OH excluding ortho intramolecular Hbond substituents is 1. The fourth-order valence-electron chi connectivity index (χ4n) is 1.97. The number of hydrogen-bond acceptors (Lipinski definition) is 3. The lowest BCUT2D eigenvalue weighted by Crippen LogP contribution is -2.12. The van der Waals surface area contributed by atoms with Crippen LogP contribution < -0.4 is 4.74 Å². The Kier molecular flexibility index (Phi) is 1.88. The molecule has 0 bridgehead atoms. The number of aromatic hydroxyl groups is 1. The smallest absolute Gasteiger partial charge is 0.224 e. The van der Waals surface area contributed by atoms with E-state index in [-0.39, 0.29) is 5.75 Å². The summed E-state index contributed by atoms with van der Waals surface area (Å²) in [7, 11) is 0. The molecule has 0 fully saturated rings. The van der Waals surface area contributed by atoms with Crippen LogP contribution in [0.2, 0.25) is 0 Å². The fraction of sp³-hybridized carbons (Fsp3) is 0.0769. The number of ether oxygens (including phenoxy) is 1. The van der Waals surface area contributed by atoms with E-state index in [1.165, 1.54) is 6.07 Å². The first-order chi connectivity index (χ1) is 7.75. The lowest BCUT2D eigenvalue weighted by molar-refractivity contribution is -0.0214. The van der Waals surface area contributed by atoms with Gasteiger partial charge in [0.15, 0.2) is 0 Å². The van der Waals surface area contributed by atoms with Crippen LogP contribution in [0.25, 0.3) is 11.1 Å². The highest BCUT2D eigenvalue weighted by Gasteiger charge is 2.23. The molecule has 16 heavy (non-hydrogen) atoms. The van der Waals surface area contributed by atoms with E-state index in [1.807, 2.05) is 24.3 Å². The number of aliphatic hydroxyl groups is 1. The second-order valence-electron chi connectivity index (χ2n) is 3.74. The van der Waals surface area contributed by atoms with Crippen LogP contribution in [0.15, 0.2) is 42.5 Å². The van der Waals surface area contributed by atoms with E-state index in [2.05, 4.69) is 0 Å². The summed E-state index contributed by atoms with van der Waals surface area (Å²) in [6, 6.07) is 12.4. The highest BCUT2D eigenvalue weighted by Crippen LogP contribution is 2.42. The molecular formula is C13H10O3. The molecule has 0 saturated carbocycles. The molecule has 0 saturated heterocycles. The van der Waals surface area contributed by atoms with Gasteiger partial charge in [-0.25, -0.2) is 0 Å². The zero-order valence-corrected chi connectivity index (χ0v) is 8.42. The molecule has 0 spiro atoms. The maximum Gasteiger partial charge on any atom is 0.224 e. The van der Waals surface area contributed by atoms with Gasteiger partial charge in [0.25, 0.3) is 0 Å². The maximum absolute atomic E-state index is 9.80. The number of fused-ring (bicyclic) bond motifs is 3. The van der Waals surface area contributed by atoms with E-state index in [1.54, 1.807) is 12.1 Å². The Balaban J connectivity index is 2.27. The monoisotopic (exact) mass is 214 g/mol. The largest absolute Gasteiger partial charge is 0.508 e. The van der Waals surface area contributed by atoms with Crippen molar-refractivity contribution in [2.45, 2.75) is 6.29 Å². The first kappa shape index (κ1) is 9.24. The number of phenols is 1. The van der Waals surface area contributed by atoms with Gasteiger partial charge < -0.3 is 14.9 Å². The van der Waals surface area contributed by atoms with Crippen molar-refractivity contribution in [3.63, 3.8) is 0 Å². The topological polar surface area (TPSA) is 49.7 Å². The van der Waals surface area contributed by atoms with Crippen molar-refractivity contribution >= 4 is 0 Å². The predicted molar refractivity (Wildman–Crippen MR) is 59.1 cm³/mol. The average molecular weight is 214 g/mol. The molecule has 1 atom stereocenters. The van der Waals surface area contributed by atoms with Crippen molar-refractivity contribution in [3.05, 3.63) is 48.0 Å². The third kappa shape index (κ3) is 1.26. The molecule has 1 heterocycles. The van der Waals surface area contributed by atoms with E-state index < -0.39 is 6.29 Å². The molecule has 2 N–H and O–H groups in total. The molecular weight excluding hydrogens is 204 g/mol. The Morgan fingerprint density at radius 2 is 1.81 bits per heavy atom. The molecule has 0 amide bonds. The van der Waals surface area contributed by atoms with Gasteiger partial charge in [-0.15, -0.1) is 0 Å². The van der Waals surface area contributed by atoms with Crippen LogP contribution in [0.4, 0.5) is 0 Å². The van der Waals surface area contributed by atoms with Crippen LogP contribution in [0.1, 0.15) is 11.9 Å². The van der Waals surface area contributed by atoms with Crippen molar-refractivity contribution in [1.82, 2.24) is 0 Å². The Labute approximate surface area is 92.5 Å². The lowest BCUT2D eigenvalue weighted by Gasteiger charge is -2.25. The Morgan fingerprint density at radius 1 is 1.00 bits per heavy atom. The quantitative estimate of drug-likeness (QED) is 0.708. The molecule has 1 aliphatic heterocycles. The molecule has 3 nitrogen and oxygen atoms in total. The van der Waals surface area contributed by atoms with Crippen molar-refractivity contribution in [3.8, 4) is 22.6 Å². The second kappa shape index (κ2) is 3.25. The SMILES string of the molecule is Oc1ccc2c(c1)OC(O)c1ccccc1-2. The third-order valence-electron chi connectivity index (χ3n) is 2.72. The van der Waals surface area contributed by atoms with Crippen LogP contribution in [0.5, 0.6) is 11.5 Å². The van der Waals surface area contributed by atoms with Gasteiger partial charge in [0.1, 0.15) is 11.5 Å². The minimum absolute atomic E-state index is 0.130. The third-order valence-corrected chi connectivity index (χ3v) is 2.72. The van der Waals surface area contributed by atoms with Crippen LogP contribution in [0.3, 0.4) is 0 Å². The molecule has 0 radical (unpaired) electrons. The Hall–Kier alpha value is -2.00. The summed E-state index contributed by atoms with van der Waals surface area (Å²) in [6.45, 7) is 0. The zero-order chi connectivity index (χ0) is 11.1. The van der Waals surface area contributed by atoms with Crippen LogP contribution in [-0.4, -0.2) is 10.2 Å². The van der Waals surface area contributed by atoms with E-state index in [4.69, 9.17) is 4.74 Å². The Bertz CT molecular complexity index is 549. The van der Waals surface area contributed by atoms with Gasteiger partial charge in [-0.3, -0.25) is 0 Å². The van der Waals surface area contributed by atoms with Gasteiger partial charge in [0, 0.05) is 17.2 Å². The predicted octanol–water partition coefficient (Wildman–Crippen LogP) is 2.44. The molecule has 1 unspecified atom stereocenters. The van der Waals surface area contributed by atoms with Gasteiger partial charge in [-0.05, 0) is 17.7 Å². The first-order valence-corrected chi connectivity index (χ1v) is 5.03. The van der Waals surface area contributed by atoms with Crippen LogP contribution >= 0.6 is 0 Å². The van der Waals surface area contributed by atoms with E-state index in [9.17, 15) is 10.2 Å². The zero-order valence-electron chi connectivity index (χ0n) is 8.42. The average Bonchev–Trinajstić information content (AvgIpc) is 2.29. The molecule has 0 aromatic heterocycles. The summed E-state index contributed by atoms with van der Waals surface area (Å²) < 4.78 is 5.33. The summed E-state index contributed by atoms with van der Waals surface area (Å²) in [6.07, 6.45) is -0.967. The highest BCUT2D eigenvalue weighted by atomic mass is 16.6. The second-order valence-corrected chi connectivity index (χ2v) is 3.74. The Morgan fingerprint density at radius 3 is 2.69 bits per heavy atom. The number of benzene rings is 2. The summed E-state index contributed by atoms with van der Waals surface area (Å²) in [5, 5.41) is 19.2. The van der Waals surface area contributed by atoms with Crippen molar-refractivity contribution in [2.24, 2.45) is 0 Å². The number of hydrogen-bond donors (Lipinski definition) is 2. The number of aliphatic hydroxyl groups excluding tert-OH is 1. The van der Waals surface area contributed by atoms with Crippen LogP contribution in [-0.2, 0) is 0 Å². The van der Waals surface area contributed by atoms with Gasteiger partial charge >= 0.3 is 0 Å². The lowest BCUT2D eigenvalue weighted by atomic mass is 9.96. The molecule has 3 rings (SSSR count). The van der Waals surface area contributed by atoms with Crippen molar-refractivity contribution < 1.29 is 14.9 Å². The maximum atomic E-state index is 9.80. The molecule has 1 aliphatic rings. The normalized spacial score (nSPS) is 17.2. The molecule has 0 aliphatic carbocycles. The summed E-state index contributed by atoms with van der Waals surface area (Å²) in [5.41, 5.74) is 2.58. The first-order valence-electron chi connectivity index (χ1n) is 5.03. The molecule has 3 heteroatoms. The van der Waals surface area contributed by atoms with E-state index in [0.29, 0.717) is 5.75 Å². The fourth-order valence-corrected chi connectivity index (χ4v) is 1.97. The van der Waals surface area contributed by atoms with Crippen molar-refractivity contribution in [1.29, 1.82) is 0 Å². The summed E-state index contributed by atoms with van der Waals surface area (Å²) in [5.74, 6) is 0.636.